The van der Waals surface area contributed by atoms with Crippen molar-refractivity contribution in [1.82, 2.24) is 10.2 Å². The van der Waals surface area contributed by atoms with Crippen LogP contribution < -0.4 is 10.6 Å². The van der Waals surface area contributed by atoms with E-state index >= 15 is 0 Å². The van der Waals surface area contributed by atoms with Crippen molar-refractivity contribution in [2.75, 3.05) is 11.9 Å². The molecule has 2 atom stereocenters. The van der Waals surface area contributed by atoms with Crippen molar-refractivity contribution in [2.45, 2.75) is 66.2 Å². The molecule has 0 heterocycles. The van der Waals surface area contributed by atoms with Gasteiger partial charge >= 0.3 is 6.09 Å². The summed E-state index contributed by atoms with van der Waals surface area (Å²) in [7, 11) is 0. The number of hydrogen-bond acceptors (Lipinski definition) is 6. The van der Waals surface area contributed by atoms with Crippen molar-refractivity contribution in [3.8, 4) is 11.8 Å². The number of alkyl carbamates (subject to hydrolysis) is 1. The highest BCUT2D eigenvalue weighted by molar-refractivity contribution is 6.34. The molecule has 3 N–H and O–H groups in total. The average Bonchev–Trinajstić information content (AvgIpc) is 2.80. The first-order valence-electron chi connectivity index (χ1n) is 12.2. The highest BCUT2D eigenvalue weighted by Gasteiger charge is 2.38. The van der Waals surface area contributed by atoms with Gasteiger partial charge in [-0.05, 0) is 75.4 Å². The Bertz CT molecular complexity index is 1210. The van der Waals surface area contributed by atoms with Crippen LogP contribution >= 0.6 is 11.6 Å². The van der Waals surface area contributed by atoms with Crippen LogP contribution in [0.2, 0.25) is 5.02 Å². The molecule has 0 aliphatic heterocycles. The number of nitrogens with zero attached hydrogens (tertiary/aromatic N) is 2. The highest BCUT2D eigenvalue weighted by Crippen LogP contribution is 2.31. The standard InChI is InChI=1S/C28H35ClN4O5/c1-16(2)22(32-27(37)38-28(5,6)7)26(36)33(14-13-30)24(19-11-12-21(34)18(4)15-19)25(35)31-23-17(3)9-8-10-20(23)29/h8-12,15-16,22,24,34H,14H2,1-7H3,(H,31,35)(H,32,37). The number of aromatic hydroxyl groups is 1. The Morgan fingerprint density at radius 1 is 1.13 bits per heavy atom. The SMILES string of the molecule is Cc1cc(C(C(=O)Nc2c(C)cccc2Cl)N(CC#N)C(=O)C(NC(=O)OC(C)(C)C)C(C)C)ccc1O. The zero-order valence-electron chi connectivity index (χ0n) is 22.8. The Morgan fingerprint density at radius 2 is 1.79 bits per heavy atom. The van der Waals surface area contributed by atoms with E-state index in [9.17, 15) is 24.8 Å². The molecule has 0 aromatic heterocycles. The van der Waals surface area contributed by atoms with E-state index in [1.807, 2.05) is 6.07 Å². The molecule has 0 aliphatic carbocycles. The molecule has 2 unspecified atom stereocenters. The first-order chi connectivity index (χ1) is 17.7. The number of ether oxygens (including phenoxy) is 1. The van der Waals surface area contributed by atoms with Gasteiger partial charge in [0.15, 0.2) is 0 Å². The van der Waals surface area contributed by atoms with Gasteiger partial charge in [0.2, 0.25) is 5.91 Å². The number of nitriles is 1. The van der Waals surface area contributed by atoms with E-state index in [1.54, 1.807) is 72.7 Å². The summed E-state index contributed by atoms with van der Waals surface area (Å²) in [5.41, 5.74) is 1.13. The van der Waals surface area contributed by atoms with Gasteiger partial charge in [-0.2, -0.15) is 5.26 Å². The second-order valence-electron chi connectivity index (χ2n) is 10.4. The first kappa shape index (κ1) is 30.5. The first-order valence-corrected chi connectivity index (χ1v) is 12.6. The smallest absolute Gasteiger partial charge is 0.408 e. The van der Waals surface area contributed by atoms with Crippen LogP contribution in [0.5, 0.6) is 5.75 Å². The molecule has 204 valence electrons. The Kier molecular flexibility index (Phi) is 10.1. The molecule has 9 nitrogen and oxygen atoms in total. The maximum Gasteiger partial charge on any atom is 0.408 e. The van der Waals surface area contributed by atoms with Gasteiger partial charge in [-0.1, -0.05) is 43.6 Å². The monoisotopic (exact) mass is 542 g/mol. The summed E-state index contributed by atoms with van der Waals surface area (Å²) in [6.07, 6.45) is -0.797. The van der Waals surface area contributed by atoms with Crippen molar-refractivity contribution in [2.24, 2.45) is 5.92 Å². The molecule has 2 aromatic carbocycles. The Labute approximate surface area is 228 Å². The number of rotatable bonds is 8. The second kappa shape index (κ2) is 12.7. The third-order valence-electron chi connectivity index (χ3n) is 5.70. The van der Waals surface area contributed by atoms with Gasteiger partial charge in [0.05, 0.1) is 16.8 Å². The lowest BCUT2D eigenvalue weighted by atomic mass is 9.97. The van der Waals surface area contributed by atoms with Crippen molar-refractivity contribution in [3.63, 3.8) is 0 Å². The third kappa shape index (κ3) is 7.86. The van der Waals surface area contributed by atoms with Crippen molar-refractivity contribution >= 4 is 35.2 Å². The molecule has 38 heavy (non-hydrogen) atoms. The minimum Gasteiger partial charge on any atom is -0.508 e. The largest absolute Gasteiger partial charge is 0.508 e. The van der Waals surface area contributed by atoms with Gasteiger partial charge in [0, 0.05) is 0 Å². The zero-order valence-corrected chi connectivity index (χ0v) is 23.5. The lowest BCUT2D eigenvalue weighted by molar-refractivity contribution is -0.140. The van der Waals surface area contributed by atoms with Crippen LogP contribution in [0.4, 0.5) is 10.5 Å². The summed E-state index contributed by atoms with van der Waals surface area (Å²) >= 11 is 6.33. The van der Waals surface area contributed by atoms with E-state index in [0.29, 0.717) is 27.4 Å². The molecule has 0 spiro atoms. The number of hydrogen-bond donors (Lipinski definition) is 3. The molecule has 0 aliphatic rings. The van der Waals surface area contributed by atoms with Crippen LogP contribution in [0.15, 0.2) is 36.4 Å². The van der Waals surface area contributed by atoms with Gasteiger partial charge < -0.3 is 25.4 Å². The van der Waals surface area contributed by atoms with E-state index in [0.717, 1.165) is 4.90 Å². The maximum atomic E-state index is 13.9. The topological polar surface area (TPSA) is 132 Å². The Balaban J connectivity index is 2.58. The van der Waals surface area contributed by atoms with E-state index in [-0.39, 0.29) is 5.75 Å². The molecule has 0 bridgehead atoms. The van der Waals surface area contributed by atoms with E-state index in [1.165, 1.54) is 12.1 Å². The second-order valence-corrected chi connectivity index (χ2v) is 10.8. The molecule has 0 saturated heterocycles. The lowest BCUT2D eigenvalue weighted by Gasteiger charge is -2.34. The fourth-order valence-corrected chi connectivity index (χ4v) is 4.07. The molecule has 2 aromatic rings. The molecule has 0 radical (unpaired) electrons. The van der Waals surface area contributed by atoms with Crippen molar-refractivity contribution in [1.29, 1.82) is 5.26 Å². The number of aryl methyl sites for hydroxylation is 2. The molecular weight excluding hydrogens is 508 g/mol. The molecule has 2 rings (SSSR count). The highest BCUT2D eigenvalue weighted by atomic mass is 35.5. The molecule has 0 saturated carbocycles. The van der Waals surface area contributed by atoms with E-state index in [2.05, 4.69) is 10.6 Å². The Morgan fingerprint density at radius 3 is 2.32 bits per heavy atom. The van der Waals surface area contributed by atoms with Crippen LogP contribution in [0.3, 0.4) is 0 Å². The number of amides is 3. The van der Waals surface area contributed by atoms with Gasteiger partial charge in [0.1, 0.15) is 30.0 Å². The summed E-state index contributed by atoms with van der Waals surface area (Å²) in [4.78, 5) is 41.3. The minimum atomic E-state index is -1.28. The number of phenolic OH excluding ortho intramolecular Hbond substituents is 1. The summed E-state index contributed by atoms with van der Waals surface area (Å²) in [6, 6.07) is 9.24. The zero-order chi connectivity index (χ0) is 28.8. The van der Waals surface area contributed by atoms with Gasteiger partial charge in [-0.3, -0.25) is 9.59 Å². The number of phenols is 1. The minimum absolute atomic E-state index is 0.0136. The number of anilines is 1. The summed E-state index contributed by atoms with van der Waals surface area (Å²) < 4.78 is 5.33. The maximum absolute atomic E-state index is 13.9. The average molecular weight is 543 g/mol. The summed E-state index contributed by atoms with van der Waals surface area (Å²) in [5.74, 6) is -1.64. The molecule has 3 amide bonds. The van der Waals surface area contributed by atoms with Crippen LogP contribution in [-0.4, -0.2) is 46.1 Å². The van der Waals surface area contributed by atoms with Gasteiger partial charge in [0.25, 0.3) is 5.91 Å². The predicted molar refractivity (Wildman–Crippen MR) is 146 cm³/mol. The number of nitrogens with one attached hydrogen (secondary N) is 2. The number of halogens is 1. The Hall–Kier alpha value is -3.77. The van der Waals surface area contributed by atoms with E-state index < -0.39 is 48.1 Å². The quantitative estimate of drug-likeness (QED) is 0.391. The van der Waals surface area contributed by atoms with Gasteiger partial charge in [-0.25, -0.2) is 4.79 Å². The van der Waals surface area contributed by atoms with Crippen molar-refractivity contribution in [3.05, 3.63) is 58.1 Å². The number of benzene rings is 2. The number of para-hydroxylation sites is 1. The normalized spacial score (nSPS) is 12.7. The third-order valence-corrected chi connectivity index (χ3v) is 6.01. The van der Waals surface area contributed by atoms with Crippen LogP contribution in [-0.2, 0) is 14.3 Å². The fourth-order valence-electron chi connectivity index (χ4n) is 3.80. The van der Waals surface area contributed by atoms with Crippen LogP contribution in [0.1, 0.15) is 57.4 Å². The van der Waals surface area contributed by atoms with Crippen LogP contribution in [0.25, 0.3) is 0 Å². The summed E-state index contributed by atoms with van der Waals surface area (Å²) in [6.45, 7) is 11.6. The fraction of sp³-hybridized carbons (Fsp3) is 0.429. The molecular formula is C28H35ClN4O5. The lowest BCUT2D eigenvalue weighted by Crippen LogP contribution is -2.54. The summed E-state index contributed by atoms with van der Waals surface area (Å²) in [5, 5.41) is 25.4. The van der Waals surface area contributed by atoms with Crippen molar-refractivity contribution < 1.29 is 24.2 Å². The van der Waals surface area contributed by atoms with Gasteiger partial charge in [-0.15, -0.1) is 0 Å². The number of carbonyl (C=O) groups excluding carboxylic acids is 3. The predicted octanol–water partition coefficient (Wildman–Crippen LogP) is 5.24. The van der Waals surface area contributed by atoms with Crippen LogP contribution in [0, 0.1) is 31.1 Å². The number of carbonyl (C=O) groups is 3. The molecule has 0 fully saturated rings. The van der Waals surface area contributed by atoms with E-state index in [4.69, 9.17) is 16.3 Å². The molecule has 10 heteroatoms.